The Balaban J connectivity index is 1.55. The average molecular weight is 437 g/mol. The Morgan fingerprint density at radius 2 is 2.10 bits per heavy atom. The number of nitrogens with one attached hydrogen (secondary N) is 3. The molecule has 0 spiro atoms. The molecule has 0 saturated heterocycles. The lowest BCUT2D eigenvalue weighted by atomic mass is 10.2. The van der Waals surface area contributed by atoms with Crippen LogP contribution in [0.25, 0.3) is 11.7 Å². The molecule has 11 heteroatoms. The van der Waals surface area contributed by atoms with Crippen molar-refractivity contribution in [3.8, 4) is 5.88 Å². The van der Waals surface area contributed by atoms with Crippen LogP contribution in [0, 0.1) is 0 Å². The summed E-state index contributed by atoms with van der Waals surface area (Å²) in [5.74, 6) is 0.191. The van der Waals surface area contributed by atoms with Gasteiger partial charge in [0.25, 0.3) is 5.62 Å². The monoisotopic (exact) mass is 436 g/mol. The molecule has 0 amide bonds. The summed E-state index contributed by atoms with van der Waals surface area (Å²) < 4.78 is 1.57. The number of rotatable bonds is 6. The highest BCUT2D eigenvalue weighted by Gasteiger charge is 2.21. The first-order valence-electron chi connectivity index (χ1n) is 9.78. The molecule has 4 aromatic rings. The van der Waals surface area contributed by atoms with Gasteiger partial charge in [0, 0.05) is 16.7 Å². The second-order valence-corrected chi connectivity index (χ2v) is 8.11. The number of imidazole rings is 1. The van der Waals surface area contributed by atoms with Gasteiger partial charge in [0.1, 0.15) is 5.69 Å². The maximum atomic E-state index is 11.4. The number of hydrogen-bond donors (Lipinski definition) is 4. The first-order valence-corrected chi connectivity index (χ1v) is 11.0. The van der Waals surface area contributed by atoms with Gasteiger partial charge in [-0.15, -0.1) is 11.8 Å². The van der Waals surface area contributed by atoms with Crippen LogP contribution >= 0.6 is 11.8 Å². The SMILES string of the molecule is CSc1ccc(CNc2nc(=NC3CC3)n3ncc(=Cc4[nH]c(=O)[nH]c4O)c3n2)cc1. The third kappa shape index (κ3) is 4.17. The Kier molecular flexibility index (Phi) is 4.94. The van der Waals surface area contributed by atoms with E-state index in [1.54, 1.807) is 28.6 Å². The molecule has 3 aromatic heterocycles. The normalized spacial score (nSPS) is 15.1. The molecule has 4 N–H and O–H groups in total. The first kappa shape index (κ1) is 19.4. The van der Waals surface area contributed by atoms with E-state index in [1.807, 2.05) is 6.26 Å². The van der Waals surface area contributed by atoms with Crippen molar-refractivity contribution in [3.63, 3.8) is 0 Å². The van der Waals surface area contributed by atoms with E-state index in [0.717, 1.165) is 18.4 Å². The molecule has 1 aliphatic carbocycles. The molecule has 1 aromatic carbocycles. The van der Waals surface area contributed by atoms with Gasteiger partial charge < -0.3 is 15.4 Å². The van der Waals surface area contributed by atoms with Gasteiger partial charge in [-0.25, -0.2) is 9.79 Å². The number of aromatic amines is 2. The van der Waals surface area contributed by atoms with Crippen molar-refractivity contribution in [2.75, 3.05) is 11.6 Å². The van der Waals surface area contributed by atoms with Crippen LogP contribution in [-0.4, -0.2) is 47.0 Å². The van der Waals surface area contributed by atoms with Gasteiger partial charge in [-0.05, 0) is 42.9 Å². The molecule has 0 unspecified atom stereocenters. The van der Waals surface area contributed by atoms with Crippen LogP contribution in [0.3, 0.4) is 0 Å². The number of H-pyrrole nitrogens is 2. The van der Waals surface area contributed by atoms with Crippen molar-refractivity contribution in [2.24, 2.45) is 4.99 Å². The molecule has 10 nitrogen and oxygen atoms in total. The third-order valence-electron chi connectivity index (χ3n) is 4.87. The fraction of sp³-hybridized carbons (Fsp3) is 0.250. The van der Waals surface area contributed by atoms with E-state index in [2.05, 4.69) is 59.6 Å². The van der Waals surface area contributed by atoms with Gasteiger partial charge in [0.15, 0.2) is 5.65 Å². The minimum atomic E-state index is -0.492. The van der Waals surface area contributed by atoms with Gasteiger partial charge in [-0.1, -0.05) is 12.1 Å². The minimum absolute atomic E-state index is 0.242. The highest BCUT2D eigenvalue weighted by Crippen LogP contribution is 2.22. The van der Waals surface area contributed by atoms with Gasteiger partial charge in [-0.2, -0.15) is 19.6 Å². The minimum Gasteiger partial charge on any atom is -0.493 e. The molecule has 0 aliphatic heterocycles. The lowest BCUT2D eigenvalue weighted by molar-refractivity contribution is 0.454. The molecule has 5 rings (SSSR count). The van der Waals surface area contributed by atoms with Gasteiger partial charge in [-0.3, -0.25) is 4.98 Å². The average Bonchev–Trinajstić information content (AvgIpc) is 3.41. The van der Waals surface area contributed by atoms with E-state index >= 15 is 0 Å². The molecule has 1 aliphatic rings. The Labute approximate surface area is 180 Å². The highest BCUT2D eigenvalue weighted by atomic mass is 32.2. The number of benzene rings is 1. The predicted octanol–water partition coefficient (Wildman–Crippen LogP) is 0.791. The number of thioether (sulfide) groups is 1. The quantitative estimate of drug-likeness (QED) is 0.328. The first-order chi connectivity index (χ1) is 15.1. The molecule has 3 heterocycles. The van der Waals surface area contributed by atoms with E-state index < -0.39 is 5.69 Å². The predicted molar refractivity (Wildman–Crippen MR) is 117 cm³/mol. The van der Waals surface area contributed by atoms with Crippen LogP contribution in [0.2, 0.25) is 0 Å². The summed E-state index contributed by atoms with van der Waals surface area (Å²) in [4.78, 5) is 31.3. The van der Waals surface area contributed by atoms with Crippen LogP contribution in [0.15, 0.2) is 45.1 Å². The Hall–Kier alpha value is -3.60. The summed E-state index contributed by atoms with van der Waals surface area (Å²) in [6.07, 6.45) is 7.33. The summed E-state index contributed by atoms with van der Waals surface area (Å²) >= 11 is 1.70. The van der Waals surface area contributed by atoms with E-state index in [0.29, 0.717) is 29.0 Å². The molecule has 0 atom stereocenters. The molecule has 1 saturated carbocycles. The number of aromatic hydroxyl groups is 1. The van der Waals surface area contributed by atoms with Crippen LogP contribution < -0.4 is 21.8 Å². The number of hydrogen-bond acceptors (Lipinski definition) is 8. The van der Waals surface area contributed by atoms with Crippen LogP contribution in [0.4, 0.5) is 5.95 Å². The lowest BCUT2D eigenvalue weighted by Gasteiger charge is -2.06. The maximum Gasteiger partial charge on any atom is 0.326 e. The van der Waals surface area contributed by atoms with Gasteiger partial charge in [0.05, 0.1) is 12.2 Å². The van der Waals surface area contributed by atoms with Crippen molar-refractivity contribution < 1.29 is 5.11 Å². The maximum absolute atomic E-state index is 11.4. The second-order valence-electron chi connectivity index (χ2n) is 7.23. The zero-order valence-electron chi connectivity index (χ0n) is 16.7. The number of anilines is 1. The van der Waals surface area contributed by atoms with E-state index in [-0.39, 0.29) is 17.6 Å². The fourth-order valence-corrected chi connectivity index (χ4v) is 3.49. The lowest BCUT2D eigenvalue weighted by Crippen LogP contribution is -2.24. The Morgan fingerprint density at radius 1 is 1.29 bits per heavy atom. The van der Waals surface area contributed by atoms with Crippen molar-refractivity contribution in [3.05, 3.63) is 63.0 Å². The van der Waals surface area contributed by atoms with E-state index in [4.69, 9.17) is 0 Å². The van der Waals surface area contributed by atoms with Crippen molar-refractivity contribution in [1.29, 1.82) is 0 Å². The zero-order valence-corrected chi connectivity index (χ0v) is 17.5. The summed E-state index contributed by atoms with van der Waals surface area (Å²) in [5, 5.41) is 18.1. The molecule has 31 heavy (non-hydrogen) atoms. The molecule has 1 fully saturated rings. The summed E-state index contributed by atoms with van der Waals surface area (Å²) in [6, 6.07) is 8.54. The topological polar surface area (TPSA) is 136 Å². The summed E-state index contributed by atoms with van der Waals surface area (Å²) in [6.45, 7) is 0.562. The van der Waals surface area contributed by atoms with E-state index in [9.17, 15) is 9.90 Å². The zero-order chi connectivity index (χ0) is 21.4. The summed E-state index contributed by atoms with van der Waals surface area (Å²) in [7, 11) is 0. The third-order valence-corrected chi connectivity index (χ3v) is 5.61. The molecular weight excluding hydrogens is 416 g/mol. The molecule has 0 radical (unpaired) electrons. The van der Waals surface area contributed by atoms with Crippen LogP contribution in [-0.2, 0) is 6.54 Å². The van der Waals surface area contributed by atoms with Crippen LogP contribution in [0.5, 0.6) is 5.88 Å². The summed E-state index contributed by atoms with van der Waals surface area (Å²) in [5.41, 5.74) is 1.86. The molecular formula is C20H20N8O2S. The van der Waals surface area contributed by atoms with Gasteiger partial charge >= 0.3 is 5.69 Å². The second kappa shape index (κ2) is 7.91. The van der Waals surface area contributed by atoms with Crippen LogP contribution in [0.1, 0.15) is 24.1 Å². The number of aromatic nitrogens is 6. The highest BCUT2D eigenvalue weighted by molar-refractivity contribution is 7.98. The van der Waals surface area contributed by atoms with Crippen molar-refractivity contribution in [2.45, 2.75) is 30.3 Å². The smallest absolute Gasteiger partial charge is 0.326 e. The Bertz CT molecular complexity index is 1420. The molecule has 0 bridgehead atoms. The fourth-order valence-electron chi connectivity index (χ4n) is 3.08. The molecule has 158 valence electrons. The van der Waals surface area contributed by atoms with E-state index in [1.165, 1.54) is 4.90 Å². The van der Waals surface area contributed by atoms with Gasteiger partial charge in [0.2, 0.25) is 11.8 Å². The number of fused-ring (bicyclic) bond motifs is 1. The largest absolute Gasteiger partial charge is 0.493 e. The van der Waals surface area contributed by atoms with Crippen molar-refractivity contribution >= 4 is 29.4 Å². The number of nitrogens with zero attached hydrogens (tertiary/aromatic N) is 5. The standard InChI is InChI=1S/C20H20N8O2S/c1-31-14-6-2-11(3-7-14)9-21-18-25-16-12(8-15-17(29)26-20(30)24-15)10-22-28(16)19(27-18)23-13-4-5-13/h2-3,6-8,10,13,29H,4-5,9H2,1H3,(H,21,23,27)(H2,24,26,30). The Morgan fingerprint density at radius 3 is 2.77 bits per heavy atom. The van der Waals surface area contributed by atoms with Crippen molar-refractivity contribution in [1.82, 2.24) is 29.5 Å².